The molecule has 0 radical (unpaired) electrons. The van der Waals surface area contributed by atoms with Crippen LogP contribution in [0.3, 0.4) is 0 Å². The summed E-state index contributed by atoms with van der Waals surface area (Å²) in [5.74, 6) is -0.285. The van der Waals surface area contributed by atoms with Crippen LogP contribution in [0.25, 0.3) is 0 Å². The molecule has 0 aromatic heterocycles. The van der Waals surface area contributed by atoms with E-state index in [1.807, 2.05) is 12.1 Å². The zero-order chi connectivity index (χ0) is 9.97. The summed E-state index contributed by atoms with van der Waals surface area (Å²) in [6, 6.07) is 5.69. The molecule has 0 atom stereocenters. The van der Waals surface area contributed by atoms with Crippen LogP contribution < -0.4 is 0 Å². The van der Waals surface area contributed by atoms with E-state index in [-0.39, 0.29) is 5.97 Å². The molecule has 0 saturated heterocycles. The van der Waals surface area contributed by atoms with E-state index in [1.54, 1.807) is 6.07 Å². The van der Waals surface area contributed by atoms with Crippen LogP contribution in [0.1, 0.15) is 21.5 Å². The second-order valence-corrected chi connectivity index (χ2v) is 3.24. The number of esters is 1. The van der Waals surface area contributed by atoms with Crippen molar-refractivity contribution in [2.45, 2.75) is 13.0 Å². The number of fused-ring (bicyclic) bond motifs is 1. The lowest BCUT2D eigenvalue weighted by Crippen LogP contribution is -2.15. The summed E-state index contributed by atoms with van der Waals surface area (Å²) in [6.45, 7) is 1.25. The first-order valence-corrected chi connectivity index (χ1v) is 4.59. The van der Waals surface area contributed by atoms with Gasteiger partial charge in [0.1, 0.15) is 0 Å². The first-order valence-electron chi connectivity index (χ1n) is 4.59. The van der Waals surface area contributed by atoms with Crippen molar-refractivity contribution in [3.8, 4) is 0 Å². The van der Waals surface area contributed by atoms with Gasteiger partial charge < -0.3 is 9.47 Å². The highest BCUT2D eigenvalue weighted by Crippen LogP contribution is 2.21. The second-order valence-electron chi connectivity index (χ2n) is 3.24. The van der Waals surface area contributed by atoms with Gasteiger partial charge in [0.15, 0.2) is 0 Å². The number of hydrogen-bond donors (Lipinski definition) is 0. The van der Waals surface area contributed by atoms with Crippen LogP contribution in [0, 0.1) is 0 Å². The number of carbonyl (C=O) groups is 1. The van der Waals surface area contributed by atoms with Crippen molar-refractivity contribution in [1.29, 1.82) is 0 Å². The maximum atomic E-state index is 11.4. The maximum Gasteiger partial charge on any atom is 0.338 e. The molecule has 1 aromatic rings. The summed E-state index contributed by atoms with van der Waals surface area (Å²) >= 11 is 0. The van der Waals surface area contributed by atoms with Gasteiger partial charge in [-0.05, 0) is 23.6 Å². The quantitative estimate of drug-likeness (QED) is 0.633. The number of carbonyl (C=O) groups excluding carboxylic acids is 1. The minimum atomic E-state index is -0.285. The lowest BCUT2D eigenvalue weighted by Gasteiger charge is -2.18. The van der Waals surface area contributed by atoms with Gasteiger partial charge in [-0.1, -0.05) is 12.1 Å². The van der Waals surface area contributed by atoms with Crippen molar-refractivity contribution in [2.75, 3.05) is 13.7 Å². The summed E-state index contributed by atoms with van der Waals surface area (Å²) < 4.78 is 10.0. The fourth-order valence-corrected chi connectivity index (χ4v) is 1.70. The Hall–Kier alpha value is -1.35. The monoisotopic (exact) mass is 192 g/mol. The molecule has 1 heterocycles. The van der Waals surface area contributed by atoms with E-state index in [9.17, 15) is 4.79 Å². The Bertz CT molecular complexity index is 358. The molecule has 2 rings (SSSR count). The van der Waals surface area contributed by atoms with Crippen LogP contribution >= 0.6 is 0 Å². The summed E-state index contributed by atoms with van der Waals surface area (Å²) in [7, 11) is 1.39. The number of hydrogen-bond acceptors (Lipinski definition) is 3. The van der Waals surface area contributed by atoms with Gasteiger partial charge in [-0.3, -0.25) is 0 Å². The topological polar surface area (TPSA) is 35.5 Å². The molecule has 1 aliphatic heterocycles. The fourth-order valence-electron chi connectivity index (χ4n) is 1.70. The summed E-state index contributed by atoms with van der Waals surface area (Å²) in [6.07, 6.45) is 0.875. The van der Waals surface area contributed by atoms with Gasteiger partial charge in [0, 0.05) is 0 Å². The maximum absolute atomic E-state index is 11.4. The highest BCUT2D eigenvalue weighted by atomic mass is 16.5. The summed E-state index contributed by atoms with van der Waals surface area (Å²) in [4.78, 5) is 11.4. The van der Waals surface area contributed by atoms with E-state index in [0.29, 0.717) is 12.2 Å². The Morgan fingerprint density at radius 2 is 2.36 bits per heavy atom. The first-order chi connectivity index (χ1) is 6.83. The smallest absolute Gasteiger partial charge is 0.338 e. The van der Waals surface area contributed by atoms with Crippen LogP contribution in [-0.4, -0.2) is 19.7 Å². The molecule has 0 saturated carbocycles. The average Bonchev–Trinajstić information content (AvgIpc) is 2.27. The molecule has 0 spiro atoms. The number of rotatable bonds is 1. The van der Waals surface area contributed by atoms with Crippen molar-refractivity contribution in [3.63, 3.8) is 0 Å². The van der Waals surface area contributed by atoms with Crippen LogP contribution in [0.15, 0.2) is 18.2 Å². The van der Waals surface area contributed by atoms with Gasteiger partial charge in [-0.25, -0.2) is 4.79 Å². The highest BCUT2D eigenvalue weighted by Gasteiger charge is 2.17. The van der Waals surface area contributed by atoms with E-state index in [0.717, 1.165) is 18.6 Å². The van der Waals surface area contributed by atoms with E-state index in [2.05, 4.69) is 0 Å². The molecule has 0 unspecified atom stereocenters. The largest absolute Gasteiger partial charge is 0.465 e. The molecule has 3 heteroatoms. The minimum Gasteiger partial charge on any atom is -0.465 e. The molecular formula is C11H12O3. The SMILES string of the molecule is COC(=O)c1cccc2c1COCC2. The zero-order valence-electron chi connectivity index (χ0n) is 8.08. The van der Waals surface area contributed by atoms with Gasteiger partial charge in [-0.2, -0.15) is 0 Å². The average molecular weight is 192 g/mol. The number of benzene rings is 1. The van der Waals surface area contributed by atoms with E-state index >= 15 is 0 Å². The van der Waals surface area contributed by atoms with Crippen LogP contribution in [0.5, 0.6) is 0 Å². The molecule has 0 amide bonds. The molecule has 3 nitrogen and oxygen atoms in total. The number of ether oxygens (including phenoxy) is 2. The summed E-state index contributed by atoms with van der Waals surface area (Å²) in [5.41, 5.74) is 2.80. The van der Waals surface area contributed by atoms with Gasteiger partial charge in [0.2, 0.25) is 0 Å². The molecule has 0 fully saturated rings. The van der Waals surface area contributed by atoms with Crippen molar-refractivity contribution >= 4 is 5.97 Å². The molecule has 0 N–H and O–H groups in total. The first kappa shape index (κ1) is 9.21. The summed E-state index contributed by atoms with van der Waals surface area (Å²) in [5, 5.41) is 0. The number of methoxy groups -OCH3 is 1. The molecule has 1 aliphatic rings. The Morgan fingerprint density at radius 1 is 1.50 bits per heavy atom. The van der Waals surface area contributed by atoms with Gasteiger partial charge >= 0.3 is 5.97 Å². The zero-order valence-corrected chi connectivity index (χ0v) is 8.08. The fraction of sp³-hybridized carbons (Fsp3) is 0.364. The van der Waals surface area contributed by atoms with Crippen LogP contribution in [-0.2, 0) is 22.5 Å². The lowest BCUT2D eigenvalue weighted by atomic mass is 9.98. The molecule has 14 heavy (non-hydrogen) atoms. The van der Waals surface area contributed by atoms with Crippen molar-refractivity contribution in [2.24, 2.45) is 0 Å². The Morgan fingerprint density at radius 3 is 3.14 bits per heavy atom. The predicted octanol–water partition coefficient (Wildman–Crippen LogP) is 1.55. The standard InChI is InChI=1S/C11H12O3/c1-13-11(12)9-4-2-3-8-5-6-14-7-10(8)9/h2-4H,5-7H2,1H3. The van der Waals surface area contributed by atoms with E-state index in [4.69, 9.17) is 9.47 Å². The minimum absolute atomic E-state index is 0.285. The molecule has 0 aliphatic carbocycles. The molecule has 1 aromatic carbocycles. The van der Waals surface area contributed by atoms with Crippen molar-refractivity contribution in [1.82, 2.24) is 0 Å². The van der Waals surface area contributed by atoms with Gasteiger partial charge in [0.25, 0.3) is 0 Å². The second kappa shape index (κ2) is 3.80. The Balaban J connectivity index is 2.45. The lowest BCUT2D eigenvalue weighted by molar-refractivity contribution is 0.0588. The molecule has 74 valence electrons. The Kier molecular flexibility index (Phi) is 2.50. The van der Waals surface area contributed by atoms with Crippen molar-refractivity contribution in [3.05, 3.63) is 34.9 Å². The normalized spacial score (nSPS) is 14.6. The molecular weight excluding hydrogens is 180 g/mol. The predicted molar refractivity (Wildman–Crippen MR) is 51.1 cm³/mol. The third-order valence-corrected chi connectivity index (χ3v) is 2.44. The molecule has 0 bridgehead atoms. The van der Waals surface area contributed by atoms with Gasteiger partial charge in [-0.15, -0.1) is 0 Å². The van der Waals surface area contributed by atoms with E-state index in [1.165, 1.54) is 12.7 Å². The third-order valence-electron chi connectivity index (χ3n) is 2.44. The highest BCUT2D eigenvalue weighted by molar-refractivity contribution is 5.91. The van der Waals surface area contributed by atoms with Crippen LogP contribution in [0.2, 0.25) is 0 Å². The van der Waals surface area contributed by atoms with Crippen molar-refractivity contribution < 1.29 is 14.3 Å². The third kappa shape index (κ3) is 1.51. The van der Waals surface area contributed by atoms with E-state index < -0.39 is 0 Å². The van der Waals surface area contributed by atoms with Crippen LogP contribution in [0.4, 0.5) is 0 Å². The van der Waals surface area contributed by atoms with Gasteiger partial charge in [0.05, 0.1) is 25.9 Å². The Labute approximate surface area is 82.6 Å².